The molecular weight excluding hydrogens is 470 g/mol. The molecule has 1 amide bonds. The van der Waals surface area contributed by atoms with Crippen molar-refractivity contribution in [1.29, 1.82) is 0 Å². The van der Waals surface area contributed by atoms with E-state index in [1.54, 1.807) is 30.3 Å². The normalized spacial score (nSPS) is 15.9. The van der Waals surface area contributed by atoms with Gasteiger partial charge in [0.15, 0.2) is 0 Å². The van der Waals surface area contributed by atoms with Gasteiger partial charge in [0, 0.05) is 5.71 Å². The average molecular weight is 512 g/mol. The molecule has 0 atom stereocenters. The first kappa shape index (κ1) is 27.9. The van der Waals surface area contributed by atoms with Crippen molar-refractivity contribution in [3.8, 4) is 0 Å². The number of rotatable bonds is 6. The van der Waals surface area contributed by atoms with Crippen LogP contribution < -0.4 is 9.73 Å². The molecule has 0 aromatic heterocycles. The molecule has 0 unspecified atom stereocenters. The van der Waals surface area contributed by atoms with Crippen LogP contribution in [-0.4, -0.2) is 26.6 Å². The molecule has 0 spiro atoms. The van der Waals surface area contributed by atoms with Gasteiger partial charge in [-0.1, -0.05) is 74.8 Å². The van der Waals surface area contributed by atoms with Crippen molar-refractivity contribution >= 4 is 27.3 Å². The highest BCUT2D eigenvalue weighted by molar-refractivity contribution is 7.92. The minimum absolute atomic E-state index is 0.160. The second kappa shape index (κ2) is 13.6. The molecule has 2 aromatic carbocycles. The number of sulfonamides is 1. The first-order chi connectivity index (χ1) is 17.3. The molecule has 0 aliphatic heterocycles. The fourth-order valence-corrected chi connectivity index (χ4v) is 6.06. The maximum Gasteiger partial charge on any atom is 0.264 e. The standard InChI is InChI=1S/C29H41N3O3S/c1-23-18-20-27(21-19-23)36(34,35)32(28-17-13-14-24(2)25(28)3)22-29(33)31-30-26-15-11-9-7-5-4-6-8-10-12-16-26/h13-14,17-21H,4-12,15-16,22H2,1-3H3,(H,31,33). The molecule has 1 aliphatic carbocycles. The molecule has 1 saturated carbocycles. The van der Waals surface area contributed by atoms with E-state index >= 15 is 0 Å². The summed E-state index contributed by atoms with van der Waals surface area (Å²) >= 11 is 0. The fourth-order valence-electron chi connectivity index (χ4n) is 4.58. The lowest BCUT2D eigenvalue weighted by molar-refractivity contribution is -0.119. The van der Waals surface area contributed by atoms with Crippen LogP contribution in [0, 0.1) is 20.8 Å². The van der Waals surface area contributed by atoms with Crippen LogP contribution in [0.1, 0.15) is 87.3 Å². The van der Waals surface area contributed by atoms with E-state index in [0.717, 1.165) is 48.1 Å². The summed E-state index contributed by atoms with van der Waals surface area (Å²) < 4.78 is 28.6. The average Bonchev–Trinajstić information content (AvgIpc) is 2.84. The summed E-state index contributed by atoms with van der Waals surface area (Å²) in [5, 5.41) is 4.46. The van der Waals surface area contributed by atoms with Gasteiger partial charge in [0.05, 0.1) is 10.6 Å². The predicted octanol–water partition coefficient (Wildman–Crippen LogP) is 6.58. The molecule has 1 fully saturated rings. The summed E-state index contributed by atoms with van der Waals surface area (Å²) in [5.41, 5.74) is 6.94. The van der Waals surface area contributed by atoms with Gasteiger partial charge in [0.25, 0.3) is 15.9 Å². The van der Waals surface area contributed by atoms with Gasteiger partial charge in [-0.25, -0.2) is 13.8 Å². The number of hydrazone groups is 1. The lowest BCUT2D eigenvalue weighted by Gasteiger charge is -2.26. The third-order valence-corrected chi connectivity index (χ3v) is 8.78. The number of hydrogen-bond donors (Lipinski definition) is 1. The Balaban J connectivity index is 1.80. The second-order valence-corrected chi connectivity index (χ2v) is 11.8. The van der Waals surface area contributed by atoms with Crippen LogP contribution in [0.25, 0.3) is 0 Å². The topological polar surface area (TPSA) is 78.8 Å². The summed E-state index contributed by atoms with van der Waals surface area (Å²) in [5.74, 6) is -0.440. The van der Waals surface area contributed by atoms with Gasteiger partial charge in [0.2, 0.25) is 0 Å². The summed E-state index contributed by atoms with van der Waals surface area (Å²) in [6.07, 6.45) is 12.7. The fraction of sp³-hybridized carbons (Fsp3) is 0.517. The van der Waals surface area contributed by atoms with Crippen LogP contribution in [0.5, 0.6) is 0 Å². The van der Waals surface area contributed by atoms with Gasteiger partial charge in [-0.15, -0.1) is 0 Å². The first-order valence-electron chi connectivity index (χ1n) is 13.3. The molecule has 0 bridgehead atoms. The van der Waals surface area contributed by atoms with E-state index in [2.05, 4.69) is 10.5 Å². The van der Waals surface area contributed by atoms with Crippen LogP contribution >= 0.6 is 0 Å². The van der Waals surface area contributed by atoms with Crippen LogP contribution in [0.3, 0.4) is 0 Å². The molecule has 196 valence electrons. The Morgan fingerprint density at radius 1 is 0.833 bits per heavy atom. The Kier molecular flexibility index (Phi) is 10.5. The SMILES string of the molecule is Cc1ccc(S(=O)(=O)N(CC(=O)NN=C2CCCCCCCCCCC2)c2cccc(C)c2C)cc1. The zero-order valence-electron chi connectivity index (χ0n) is 22.1. The number of benzene rings is 2. The van der Waals surface area contributed by atoms with Crippen molar-refractivity contribution in [3.05, 3.63) is 59.2 Å². The van der Waals surface area contributed by atoms with Crippen LogP contribution in [0.4, 0.5) is 5.69 Å². The van der Waals surface area contributed by atoms with E-state index in [1.807, 2.05) is 32.9 Å². The lowest BCUT2D eigenvalue weighted by atomic mass is 10.00. The Labute approximate surface area is 217 Å². The number of carbonyl (C=O) groups is 1. The van der Waals surface area contributed by atoms with E-state index in [0.29, 0.717) is 5.69 Å². The van der Waals surface area contributed by atoms with Gasteiger partial charge in [-0.05, 0) is 75.8 Å². The highest BCUT2D eigenvalue weighted by atomic mass is 32.2. The smallest absolute Gasteiger partial charge is 0.264 e. The molecular formula is C29H41N3O3S. The minimum atomic E-state index is -3.95. The largest absolute Gasteiger partial charge is 0.271 e. The number of anilines is 1. The highest BCUT2D eigenvalue weighted by Crippen LogP contribution is 2.28. The van der Waals surface area contributed by atoms with E-state index in [1.165, 1.54) is 49.3 Å². The zero-order chi connectivity index (χ0) is 26.0. The number of hydrogen-bond acceptors (Lipinski definition) is 4. The molecule has 6 nitrogen and oxygen atoms in total. The maximum atomic E-state index is 13.7. The molecule has 1 aliphatic rings. The number of amides is 1. The monoisotopic (exact) mass is 511 g/mol. The number of nitrogens with zero attached hydrogens (tertiary/aromatic N) is 2. The van der Waals surface area contributed by atoms with Crippen LogP contribution in [0.15, 0.2) is 52.5 Å². The van der Waals surface area contributed by atoms with Crippen molar-refractivity contribution in [1.82, 2.24) is 5.43 Å². The Morgan fingerprint density at radius 3 is 1.97 bits per heavy atom. The summed E-state index contributed by atoms with van der Waals surface area (Å²) in [6, 6.07) is 12.2. The highest BCUT2D eigenvalue weighted by Gasteiger charge is 2.28. The molecule has 3 rings (SSSR count). The number of nitrogens with one attached hydrogen (secondary N) is 1. The lowest BCUT2D eigenvalue weighted by Crippen LogP contribution is -2.40. The molecule has 0 saturated heterocycles. The molecule has 36 heavy (non-hydrogen) atoms. The van der Waals surface area contributed by atoms with E-state index < -0.39 is 15.9 Å². The van der Waals surface area contributed by atoms with Crippen molar-refractivity contribution in [2.24, 2.45) is 5.10 Å². The minimum Gasteiger partial charge on any atom is -0.271 e. The van der Waals surface area contributed by atoms with Gasteiger partial charge < -0.3 is 0 Å². The number of aryl methyl sites for hydroxylation is 2. The summed E-state index contributed by atoms with van der Waals surface area (Å²) in [6.45, 7) is 5.39. The van der Waals surface area contributed by atoms with Crippen LogP contribution in [-0.2, 0) is 14.8 Å². The summed E-state index contributed by atoms with van der Waals surface area (Å²) in [4.78, 5) is 13.2. The predicted molar refractivity (Wildman–Crippen MR) is 148 cm³/mol. The quantitative estimate of drug-likeness (QED) is 0.445. The van der Waals surface area contributed by atoms with Crippen molar-refractivity contribution in [2.75, 3.05) is 10.8 Å². The van der Waals surface area contributed by atoms with Gasteiger partial charge >= 0.3 is 0 Å². The van der Waals surface area contributed by atoms with E-state index in [4.69, 9.17) is 0 Å². The van der Waals surface area contributed by atoms with Crippen molar-refractivity contribution in [3.63, 3.8) is 0 Å². The third-order valence-electron chi connectivity index (χ3n) is 7.01. The Hall–Kier alpha value is -2.67. The second-order valence-electron chi connectivity index (χ2n) is 9.94. The van der Waals surface area contributed by atoms with Crippen molar-refractivity contribution in [2.45, 2.75) is 96.3 Å². The zero-order valence-corrected chi connectivity index (χ0v) is 22.9. The van der Waals surface area contributed by atoms with Crippen LogP contribution in [0.2, 0.25) is 0 Å². The Bertz CT molecular complexity index is 1130. The molecule has 0 radical (unpaired) electrons. The molecule has 0 heterocycles. The molecule has 7 heteroatoms. The summed E-state index contributed by atoms with van der Waals surface area (Å²) in [7, 11) is -3.95. The van der Waals surface area contributed by atoms with Gasteiger partial charge in [0.1, 0.15) is 6.54 Å². The first-order valence-corrected chi connectivity index (χ1v) is 14.7. The van der Waals surface area contributed by atoms with Crippen molar-refractivity contribution < 1.29 is 13.2 Å². The Morgan fingerprint density at radius 2 is 1.39 bits per heavy atom. The number of carbonyl (C=O) groups excluding carboxylic acids is 1. The van der Waals surface area contributed by atoms with Gasteiger partial charge in [-0.2, -0.15) is 5.10 Å². The molecule has 1 N–H and O–H groups in total. The third kappa shape index (κ3) is 7.92. The van der Waals surface area contributed by atoms with Gasteiger partial charge in [-0.3, -0.25) is 9.10 Å². The van der Waals surface area contributed by atoms with E-state index in [9.17, 15) is 13.2 Å². The van der Waals surface area contributed by atoms with E-state index in [-0.39, 0.29) is 11.4 Å². The molecule has 2 aromatic rings. The maximum absolute atomic E-state index is 13.7.